The highest BCUT2D eigenvalue weighted by Crippen LogP contribution is 2.27. The van der Waals surface area contributed by atoms with Gasteiger partial charge in [0.1, 0.15) is 0 Å². The largest absolute Gasteiger partial charge is 0.385 e. The molecule has 1 saturated heterocycles. The van der Waals surface area contributed by atoms with E-state index in [1.165, 1.54) is 11.8 Å². The van der Waals surface area contributed by atoms with Gasteiger partial charge < -0.3 is 15.0 Å². The first-order valence-electron chi connectivity index (χ1n) is 8.79. The number of ether oxygens (including phenoxy) is 1. The van der Waals surface area contributed by atoms with Gasteiger partial charge in [0.25, 0.3) is 0 Å². The van der Waals surface area contributed by atoms with Gasteiger partial charge in [-0.15, -0.1) is 0 Å². The van der Waals surface area contributed by atoms with E-state index in [0.29, 0.717) is 45.5 Å². The van der Waals surface area contributed by atoms with Crippen LogP contribution in [0.1, 0.15) is 30.4 Å². The van der Waals surface area contributed by atoms with Crippen LogP contribution in [0.4, 0.5) is 4.79 Å². The minimum Gasteiger partial charge on any atom is -0.385 e. The van der Waals surface area contributed by atoms with Gasteiger partial charge in [-0.05, 0) is 31.7 Å². The molecule has 1 heterocycles. The highest BCUT2D eigenvalue weighted by molar-refractivity contribution is 7.88. The zero-order chi connectivity index (χ0) is 19.2. The molecule has 0 spiro atoms. The minimum absolute atomic E-state index is 0.120. The Morgan fingerprint density at radius 1 is 1.23 bits per heavy atom. The Balaban J connectivity index is 1.89. The topological polar surface area (TPSA) is 87.7 Å². The molecule has 1 aromatic rings. The quantitative estimate of drug-likeness (QED) is 0.749. The number of nitrogens with zero attached hydrogens (tertiary/aromatic N) is 1. The molecule has 2 amide bonds. The molecular formula is C18H29N3O4S. The van der Waals surface area contributed by atoms with E-state index >= 15 is 0 Å². The Bertz CT molecular complexity index is 696. The fourth-order valence-electron chi connectivity index (χ4n) is 3.23. The number of amides is 2. The molecule has 146 valence electrons. The van der Waals surface area contributed by atoms with Gasteiger partial charge in [-0.1, -0.05) is 29.8 Å². The zero-order valence-corrected chi connectivity index (χ0v) is 16.6. The molecule has 0 radical (unpaired) electrons. The van der Waals surface area contributed by atoms with E-state index in [2.05, 4.69) is 10.0 Å². The Hall–Kier alpha value is -1.64. The van der Waals surface area contributed by atoms with Crippen LogP contribution < -0.4 is 10.0 Å². The Morgan fingerprint density at radius 3 is 2.38 bits per heavy atom. The molecule has 2 N–H and O–H groups in total. The number of hydrogen-bond donors (Lipinski definition) is 2. The van der Waals surface area contributed by atoms with Crippen molar-refractivity contribution in [3.63, 3.8) is 0 Å². The van der Waals surface area contributed by atoms with E-state index in [0.717, 1.165) is 5.56 Å². The molecule has 2 rings (SSSR count). The Labute approximate surface area is 156 Å². The third kappa shape index (κ3) is 6.26. The van der Waals surface area contributed by atoms with E-state index in [1.807, 2.05) is 31.2 Å². The second-order valence-electron chi connectivity index (χ2n) is 7.03. The van der Waals surface area contributed by atoms with Crippen LogP contribution in [0, 0.1) is 6.92 Å². The number of sulfonamides is 1. The second kappa shape index (κ2) is 8.83. The van der Waals surface area contributed by atoms with Crippen LogP contribution in [-0.2, 0) is 21.3 Å². The molecule has 8 heteroatoms. The van der Waals surface area contributed by atoms with E-state index < -0.39 is 15.6 Å². The number of nitrogens with one attached hydrogen (secondary N) is 2. The highest BCUT2D eigenvalue weighted by Gasteiger charge is 2.37. The molecule has 0 aliphatic carbocycles. The average molecular weight is 384 g/mol. The van der Waals surface area contributed by atoms with Crippen LogP contribution in [0.5, 0.6) is 0 Å². The molecule has 0 aromatic heterocycles. The SMILES string of the molecule is COCCC1(NS(C)(=O)=O)CCN(C(=O)NCc2ccc(C)cc2)CC1. The standard InChI is InChI=1S/C18H29N3O4S/c1-15-4-6-16(7-5-15)14-19-17(22)21-11-8-18(9-12-21,10-13-25-2)20-26(3,23)24/h4-7,20H,8-14H2,1-3H3,(H,19,22). The van der Waals surface area contributed by atoms with Crippen LogP contribution in [-0.4, -0.2) is 57.9 Å². The molecule has 1 aliphatic rings. The molecule has 0 bridgehead atoms. The van der Waals surface area contributed by atoms with Crippen molar-refractivity contribution in [1.82, 2.24) is 14.9 Å². The lowest BCUT2D eigenvalue weighted by atomic mass is 9.86. The number of aryl methyl sites for hydroxylation is 1. The number of rotatable bonds is 7. The number of piperidine rings is 1. The average Bonchev–Trinajstić information content (AvgIpc) is 2.58. The van der Waals surface area contributed by atoms with Crippen molar-refractivity contribution >= 4 is 16.1 Å². The summed E-state index contributed by atoms with van der Waals surface area (Å²) >= 11 is 0. The minimum atomic E-state index is -3.32. The summed E-state index contributed by atoms with van der Waals surface area (Å²) in [6.45, 7) is 3.99. The monoisotopic (exact) mass is 383 g/mol. The van der Waals surface area contributed by atoms with Crippen molar-refractivity contribution in [3.8, 4) is 0 Å². The summed E-state index contributed by atoms with van der Waals surface area (Å²) < 4.78 is 31.3. The number of carbonyl (C=O) groups is 1. The van der Waals surface area contributed by atoms with Gasteiger partial charge in [-0.2, -0.15) is 0 Å². The van der Waals surface area contributed by atoms with Crippen LogP contribution in [0.25, 0.3) is 0 Å². The van der Waals surface area contributed by atoms with Crippen molar-refractivity contribution in [2.24, 2.45) is 0 Å². The lowest BCUT2D eigenvalue weighted by Crippen LogP contribution is -2.57. The summed E-state index contributed by atoms with van der Waals surface area (Å²) in [5.41, 5.74) is 1.69. The molecule has 0 unspecified atom stereocenters. The van der Waals surface area contributed by atoms with Crippen molar-refractivity contribution in [2.75, 3.05) is 33.1 Å². The lowest BCUT2D eigenvalue weighted by molar-refractivity contribution is 0.115. The van der Waals surface area contributed by atoms with E-state index in [4.69, 9.17) is 4.74 Å². The van der Waals surface area contributed by atoms with Gasteiger partial charge in [0.2, 0.25) is 10.0 Å². The summed E-state index contributed by atoms with van der Waals surface area (Å²) in [6.07, 6.45) is 2.90. The Kier molecular flexibility index (Phi) is 7.02. The van der Waals surface area contributed by atoms with Gasteiger partial charge in [-0.3, -0.25) is 0 Å². The van der Waals surface area contributed by atoms with Crippen molar-refractivity contribution in [3.05, 3.63) is 35.4 Å². The van der Waals surface area contributed by atoms with Crippen LogP contribution in [0.15, 0.2) is 24.3 Å². The first-order valence-corrected chi connectivity index (χ1v) is 10.7. The number of likely N-dealkylation sites (tertiary alicyclic amines) is 1. The molecule has 1 aromatic carbocycles. The van der Waals surface area contributed by atoms with Gasteiger partial charge >= 0.3 is 6.03 Å². The van der Waals surface area contributed by atoms with Crippen LogP contribution in [0.3, 0.4) is 0 Å². The smallest absolute Gasteiger partial charge is 0.317 e. The van der Waals surface area contributed by atoms with Crippen molar-refractivity contribution in [1.29, 1.82) is 0 Å². The molecule has 0 atom stereocenters. The third-order valence-corrected chi connectivity index (χ3v) is 5.56. The molecule has 7 nitrogen and oxygen atoms in total. The normalized spacial score (nSPS) is 17.1. The highest BCUT2D eigenvalue weighted by atomic mass is 32.2. The molecule has 1 aliphatic heterocycles. The summed E-state index contributed by atoms with van der Waals surface area (Å²) in [5, 5.41) is 2.93. The van der Waals surface area contributed by atoms with Crippen molar-refractivity contribution < 1.29 is 17.9 Å². The number of methoxy groups -OCH3 is 1. The molecule has 26 heavy (non-hydrogen) atoms. The first-order chi connectivity index (χ1) is 12.2. The number of benzene rings is 1. The summed E-state index contributed by atoms with van der Waals surface area (Å²) in [5.74, 6) is 0. The van der Waals surface area contributed by atoms with Gasteiger partial charge in [0.05, 0.1) is 6.26 Å². The van der Waals surface area contributed by atoms with Crippen LogP contribution >= 0.6 is 0 Å². The molecule has 1 fully saturated rings. The maximum atomic E-state index is 12.4. The van der Waals surface area contributed by atoms with Gasteiger partial charge in [0.15, 0.2) is 0 Å². The fourth-order valence-corrected chi connectivity index (χ4v) is 4.32. The predicted octanol–water partition coefficient (Wildman–Crippen LogP) is 1.62. The lowest BCUT2D eigenvalue weighted by Gasteiger charge is -2.41. The van der Waals surface area contributed by atoms with Crippen molar-refractivity contribution in [2.45, 2.75) is 38.3 Å². The summed E-state index contributed by atoms with van der Waals surface area (Å²) in [4.78, 5) is 14.1. The first kappa shape index (κ1) is 20.7. The second-order valence-corrected chi connectivity index (χ2v) is 8.78. The molecular weight excluding hydrogens is 354 g/mol. The third-order valence-electron chi connectivity index (χ3n) is 4.76. The van der Waals surface area contributed by atoms with Gasteiger partial charge in [-0.25, -0.2) is 17.9 Å². The zero-order valence-electron chi connectivity index (χ0n) is 15.7. The van der Waals surface area contributed by atoms with E-state index in [9.17, 15) is 13.2 Å². The Morgan fingerprint density at radius 2 is 1.85 bits per heavy atom. The van der Waals surface area contributed by atoms with E-state index in [1.54, 1.807) is 12.0 Å². The number of hydrogen-bond acceptors (Lipinski definition) is 4. The summed E-state index contributed by atoms with van der Waals surface area (Å²) in [6, 6.07) is 7.91. The number of urea groups is 1. The maximum Gasteiger partial charge on any atom is 0.317 e. The number of carbonyl (C=O) groups excluding carboxylic acids is 1. The maximum absolute atomic E-state index is 12.4. The van der Waals surface area contributed by atoms with E-state index in [-0.39, 0.29) is 6.03 Å². The summed E-state index contributed by atoms with van der Waals surface area (Å²) in [7, 11) is -1.73. The predicted molar refractivity (Wildman–Crippen MR) is 101 cm³/mol. The van der Waals surface area contributed by atoms with Gasteiger partial charge in [0, 0.05) is 38.9 Å². The molecule has 0 saturated carbocycles. The fraction of sp³-hybridized carbons (Fsp3) is 0.611. The van der Waals surface area contributed by atoms with Crippen LogP contribution in [0.2, 0.25) is 0 Å².